The number of aryl methyl sites for hydroxylation is 1. The van der Waals surface area contributed by atoms with Crippen molar-refractivity contribution in [1.82, 2.24) is 0 Å². The van der Waals surface area contributed by atoms with Crippen molar-refractivity contribution in [3.05, 3.63) is 59.2 Å². The van der Waals surface area contributed by atoms with Crippen LogP contribution in [0.25, 0.3) is 0 Å². The lowest BCUT2D eigenvalue weighted by Gasteiger charge is -2.11. The molecule has 0 spiro atoms. The van der Waals surface area contributed by atoms with Crippen molar-refractivity contribution in [3.8, 4) is 5.75 Å². The van der Waals surface area contributed by atoms with E-state index in [9.17, 15) is 9.59 Å². The fourth-order valence-electron chi connectivity index (χ4n) is 2.20. The van der Waals surface area contributed by atoms with Gasteiger partial charge in [-0.3, -0.25) is 4.79 Å². The molecule has 0 unspecified atom stereocenters. The SMILES string of the molecule is CCOC(=O)COc1cccc(NC(=O)c2cccc(C)c2C)c1. The maximum atomic E-state index is 12.4. The van der Waals surface area contributed by atoms with Gasteiger partial charge in [0.2, 0.25) is 0 Å². The Morgan fingerprint density at radius 2 is 1.83 bits per heavy atom. The van der Waals surface area contributed by atoms with Crippen LogP contribution in [-0.2, 0) is 9.53 Å². The van der Waals surface area contributed by atoms with Gasteiger partial charge < -0.3 is 14.8 Å². The van der Waals surface area contributed by atoms with Crippen molar-refractivity contribution >= 4 is 17.6 Å². The second-order valence-electron chi connectivity index (χ2n) is 5.32. The molecule has 2 rings (SSSR count). The summed E-state index contributed by atoms with van der Waals surface area (Å²) in [7, 11) is 0. The van der Waals surface area contributed by atoms with Gasteiger partial charge in [-0.25, -0.2) is 4.79 Å². The van der Waals surface area contributed by atoms with Crippen LogP contribution < -0.4 is 10.1 Å². The standard InChI is InChI=1S/C19H21NO4/c1-4-23-18(21)12-24-16-9-6-8-15(11-16)20-19(22)17-10-5-7-13(2)14(17)3/h5-11H,4,12H2,1-3H3,(H,20,22). The lowest BCUT2D eigenvalue weighted by atomic mass is 10.0. The summed E-state index contributed by atoms with van der Waals surface area (Å²) in [5, 5.41) is 2.84. The van der Waals surface area contributed by atoms with E-state index in [0.717, 1.165) is 11.1 Å². The van der Waals surface area contributed by atoms with Crippen molar-refractivity contribution in [2.45, 2.75) is 20.8 Å². The first-order chi connectivity index (χ1) is 11.5. The van der Waals surface area contributed by atoms with E-state index in [1.54, 1.807) is 37.3 Å². The summed E-state index contributed by atoms with van der Waals surface area (Å²) in [5.74, 6) is -0.122. The molecular weight excluding hydrogens is 306 g/mol. The van der Waals surface area contributed by atoms with Gasteiger partial charge in [-0.1, -0.05) is 18.2 Å². The molecule has 5 heteroatoms. The molecule has 2 aromatic rings. The Morgan fingerprint density at radius 1 is 1.08 bits per heavy atom. The van der Waals surface area contributed by atoms with E-state index in [0.29, 0.717) is 23.6 Å². The van der Waals surface area contributed by atoms with E-state index in [4.69, 9.17) is 9.47 Å². The number of nitrogens with one attached hydrogen (secondary N) is 1. The number of hydrogen-bond acceptors (Lipinski definition) is 4. The van der Waals surface area contributed by atoms with Crippen LogP contribution in [0, 0.1) is 13.8 Å². The molecule has 24 heavy (non-hydrogen) atoms. The van der Waals surface area contributed by atoms with Gasteiger partial charge in [0, 0.05) is 17.3 Å². The fraction of sp³-hybridized carbons (Fsp3) is 0.263. The molecule has 0 radical (unpaired) electrons. The smallest absolute Gasteiger partial charge is 0.344 e. The highest BCUT2D eigenvalue weighted by molar-refractivity contribution is 6.05. The van der Waals surface area contributed by atoms with Gasteiger partial charge in [0.1, 0.15) is 5.75 Å². The first kappa shape index (κ1) is 17.5. The number of benzene rings is 2. The molecule has 1 N–H and O–H groups in total. The Bertz CT molecular complexity index is 740. The third kappa shape index (κ3) is 4.59. The van der Waals surface area contributed by atoms with Gasteiger partial charge in [-0.15, -0.1) is 0 Å². The number of anilines is 1. The van der Waals surface area contributed by atoms with Crippen molar-refractivity contribution in [1.29, 1.82) is 0 Å². The number of esters is 1. The lowest BCUT2D eigenvalue weighted by Crippen LogP contribution is -2.15. The van der Waals surface area contributed by atoms with Crippen LogP contribution in [0.2, 0.25) is 0 Å². The Labute approximate surface area is 141 Å². The topological polar surface area (TPSA) is 64.6 Å². The van der Waals surface area contributed by atoms with Crippen LogP contribution in [0.15, 0.2) is 42.5 Å². The molecule has 1 amide bonds. The van der Waals surface area contributed by atoms with Crippen molar-refractivity contribution < 1.29 is 19.1 Å². The Hall–Kier alpha value is -2.82. The van der Waals surface area contributed by atoms with Gasteiger partial charge in [0.05, 0.1) is 6.61 Å². The van der Waals surface area contributed by atoms with Gasteiger partial charge in [-0.05, 0) is 50.1 Å². The third-order valence-corrected chi connectivity index (χ3v) is 3.60. The predicted molar refractivity (Wildman–Crippen MR) is 92.4 cm³/mol. The molecule has 2 aromatic carbocycles. The zero-order chi connectivity index (χ0) is 17.5. The van der Waals surface area contributed by atoms with Gasteiger partial charge in [0.15, 0.2) is 6.61 Å². The predicted octanol–water partition coefficient (Wildman–Crippen LogP) is 3.50. The highest BCUT2D eigenvalue weighted by atomic mass is 16.6. The number of amides is 1. The second kappa shape index (κ2) is 8.15. The van der Waals surface area contributed by atoms with E-state index < -0.39 is 5.97 Å². The minimum atomic E-state index is -0.428. The number of hydrogen-bond donors (Lipinski definition) is 1. The highest BCUT2D eigenvalue weighted by Crippen LogP contribution is 2.19. The largest absolute Gasteiger partial charge is 0.482 e. The Kier molecular flexibility index (Phi) is 5.95. The molecule has 0 aromatic heterocycles. The summed E-state index contributed by atoms with van der Waals surface area (Å²) in [6, 6.07) is 12.5. The maximum absolute atomic E-state index is 12.4. The van der Waals surface area contributed by atoms with Gasteiger partial charge >= 0.3 is 5.97 Å². The summed E-state index contributed by atoms with van der Waals surface area (Å²) in [4.78, 5) is 23.7. The van der Waals surface area contributed by atoms with E-state index in [1.165, 1.54) is 0 Å². The van der Waals surface area contributed by atoms with Crippen LogP contribution in [0.1, 0.15) is 28.4 Å². The van der Waals surface area contributed by atoms with Crippen molar-refractivity contribution in [2.24, 2.45) is 0 Å². The first-order valence-corrected chi connectivity index (χ1v) is 7.77. The Morgan fingerprint density at radius 3 is 2.58 bits per heavy atom. The summed E-state index contributed by atoms with van der Waals surface area (Å²) in [6.45, 7) is 5.77. The zero-order valence-corrected chi connectivity index (χ0v) is 14.1. The normalized spacial score (nSPS) is 10.1. The van der Waals surface area contributed by atoms with E-state index in [2.05, 4.69) is 5.32 Å². The molecular formula is C19H21NO4. The molecule has 5 nitrogen and oxygen atoms in total. The molecule has 0 saturated carbocycles. The van der Waals surface area contributed by atoms with Crippen molar-refractivity contribution in [3.63, 3.8) is 0 Å². The molecule has 0 saturated heterocycles. The van der Waals surface area contributed by atoms with Crippen LogP contribution in [-0.4, -0.2) is 25.1 Å². The van der Waals surface area contributed by atoms with Gasteiger partial charge in [0.25, 0.3) is 5.91 Å². The molecule has 0 aliphatic rings. The summed E-state index contributed by atoms with van der Waals surface area (Å²) >= 11 is 0. The molecule has 0 heterocycles. The third-order valence-electron chi connectivity index (χ3n) is 3.60. The lowest BCUT2D eigenvalue weighted by molar-refractivity contribution is -0.145. The number of carbonyl (C=O) groups excluding carboxylic acids is 2. The van der Waals surface area contributed by atoms with E-state index in [-0.39, 0.29) is 12.5 Å². The monoisotopic (exact) mass is 327 g/mol. The van der Waals surface area contributed by atoms with Crippen LogP contribution in [0.4, 0.5) is 5.69 Å². The van der Waals surface area contributed by atoms with Crippen LogP contribution in [0.3, 0.4) is 0 Å². The first-order valence-electron chi connectivity index (χ1n) is 7.77. The zero-order valence-electron chi connectivity index (χ0n) is 14.1. The summed E-state index contributed by atoms with van der Waals surface area (Å²) in [5.41, 5.74) is 3.24. The quantitative estimate of drug-likeness (QED) is 0.825. The van der Waals surface area contributed by atoms with E-state index >= 15 is 0 Å². The second-order valence-corrected chi connectivity index (χ2v) is 5.32. The summed E-state index contributed by atoms with van der Waals surface area (Å²) in [6.07, 6.45) is 0. The van der Waals surface area contributed by atoms with Crippen LogP contribution in [0.5, 0.6) is 5.75 Å². The number of carbonyl (C=O) groups is 2. The Balaban J connectivity index is 2.05. The minimum Gasteiger partial charge on any atom is -0.482 e. The molecule has 126 valence electrons. The molecule has 0 bridgehead atoms. The molecule has 0 atom stereocenters. The highest BCUT2D eigenvalue weighted by Gasteiger charge is 2.11. The average Bonchev–Trinajstić information content (AvgIpc) is 2.56. The number of rotatable bonds is 6. The molecule has 0 aliphatic carbocycles. The molecule has 0 fully saturated rings. The minimum absolute atomic E-state index is 0.164. The fourth-order valence-corrected chi connectivity index (χ4v) is 2.20. The average molecular weight is 327 g/mol. The maximum Gasteiger partial charge on any atom is 0.344 e. The van der Waals surface area contributed by atoms with Gasteiger partial charge in [-0.2, -0.15) is 0 Å². The number of ether oxygens (including phenoxy) is 2. The van der Waals surface area contributed by atoms with Crippen molar-refractivity contribution in [2.75, 3.05) is 18.5 Å². The van der Waals surface area contributed by atoms with Crippen LogP contribution >= 0.6 is 0 Å². The van der Waals surface area contributed by atoms with E-state index in [1.807, 2.05) is 26.0 Å². The molecule has 0 aliphatic heterocycles. The summed E-state index contributed by atoms with van der Waals surface area (Å²) < 4.78 is 10.2.